The van der Waals surface area contributed by atoms with E-state index in [9.17, 15) is 4.79 Å². The summed E-state index contributed by atoms with van der Waals surface area (Å²) in [4.78, 5) is 12.0. The second kappa shape index (κ2) is 7.96. The smallest absolute Gasteiger partial charge is 0.325 e. The number of esters is 1. The topological polar surface area (TPSA) is 56.8 Å². The number of carbonyl (C=O) groups excluding carboxylic acids is 1. The number of nitrogens with one attached hydrogen (secondary N) is 1. The average molecular weight is 287 g/mol. The summed E-state index contributed by atoms with van der Waals surface area (Å²) in [5.41, 5.74) is -0.672. The Hall–Kier alpha value is -0.650. The lowest BCUT2D eigenvalue weighted by atomic mass is 9.94. The normalized spacial score (nSPS) is 19.7. The Morgan fingerprint density at radius 1 is 1.25 bits per heavy atom. The number of ether oxygens (including phenoxy) is 3. The summed E-state index contributed by atoms with van der Waals surface area (Å²) in [7, 11) is 1.43. The molecule has 0 radical (unpaired) electrons. The largest absolute Gasteiger partial charge is 0.468 e. The van der Waals surface area contributed by atoms with Gasteiger partial charge in [0.1, 0.15) is 5.54 Å². The van der Waals surface area contributed by atoms with Gasteiger partial charge < -0.3 is 14.2 Å². The Kier molecular flexibility index (Phi) is 6.92. The zero-order valence-electron chi connectivity index (χ0n) is 13.4. The van der Waals surface area contributed by atoms with Crippen LogP contribution in [0.25, 0.3) is 0 Å². The molecular formula is C15H29NO4. The van der Waals surface area contributed by atoms with Crippen LogP contribution in [-0.2, 0) is 19.0 Å². The van der Waals surface area contributed by atoms with Gasteiger partial charge in [0.25, 0.3) is 0 Å². The minimum Gasteiger partial charge on any atom is -0.468 e. The Balaban J connectivity index is 2.37. The highest BCUT2D eigenvalue weighted by atomic mass is 16.5. The Morgan fingerprint density at radius 3 is 2.35 bits per heavy atom. The monoisotopic (exact) mass is 287 g/mol. The SMILES string of the molecule is COC(=O)C(C)(CC(C)OCCOC(C)C)NC1CC1. The van der Waals surface area contributed by atoms with Gasteiger partial charge in [0.05, 0.1) is 32.5 Å². The van der Waals surface area contributed by atoms with E-state index in [0.29, 0.717) is 25.7 Å². The maximum Gasteiger partial charge on any atom is 0.325 e. The summed E-state index contributed by atoms with van der Waals surface area (Å²) in [6, 6.07) is 0.440. The quantitative estimate of drug-likeness (QED) is 0.491. The lowest BCUT2D eigenvalue weighted by Crippen LogP contribution is -2.53. The van der Waals surface area contributed by atoms with E-state index in [0.717, 1.165) is 12.8 Å². The molecule has 1 N–H and O–H groups in total. The molecule has 5 heteroatoms. The standard InChI is InChI=1S/C15H29NO4/c1-11(2)19-8-9-20-12(3)10-15(4,14(17)18-5)16-13-6-7-13/h11-13,16H,6-10H2,1-5H3. The van der Waals surface area contributed by atoms with Crippen LogP contribution in [0.15, 0.2) is 0 Å². The number of rotatable bonds is 10. The Labute approximate surface area is 122 Å². The molecule has 1 rings (SSSR count). The molecule has 0 aliphatic heterocycles. The third-order valence-corrected chi connectivity index (χ3v) is 3.37. The van der Waals surface area contributed by atoms with Gasteiger partial charge in [-0.05, 0) is 40.5 Å². The highest BCUT2D eigenvalue weighted by molar-refractivity contribution is 5.80. The first-order valence-electron chi connectivity index (χ1n) is 7.46. The highest BCUT2D eigenvalue weighted by Gasteiger charge is 2.40. The molecule has 0 aromatic carbocycles. The molecule has 0 bridgehead atoms. The van der Waals surface area contributed by atoms with Crippen LogP contribution in [0.4, 0.5) is 0 Å². The molecule has 0 aromatic heterocycles. The van der Waals surface area contributed by atoms with E-state index in [-0.39, 0.29) is 18.2 Å². The summed E-state index contributed by atoms with van der Waals surface area (Å²) in [5.74, 6) is -0.224. The van der Waals surface area contributed by atoms with Gasteiger partial charge in [-0.25, -0.2) is 0 Å². The second-order valence-electron chi connectivity index (χ2n) is 6.05. The first kappa shape index (κ1) is 17.4. The molecule has 0 amide bonds. The molecule has 118 valence electrons. The van der Waals surface area contributed by atoms with Gasteiger partial charge in [-0.2, -0.15) is 0 Å². The molecular weight excluding hydrogens is 258 g/mol. The van der Waals surface area contributed by atoms with Gasteiger partial charge in [-0.3, -0.25) is 10.1 Å². The van der Waals surface area contributed by atoms with Crippen LogP contribution in [0.3, 0.4) is 0 Å². The minimum atomic E-state index is -0.672. The van der Waals surface area contributed by atoms with Crippen molar-refractivity contribution in [1.82, 2.24) is 5.32 Å². The number of hydrogen-bond acceptors (Lipinski definition) is 5. The third kappa shape index (κ3) is 6.20. The minimum absolute atomic E-state index is 0.0267. The van der Waals surface area contributed by atoms with Crippen molar-refractivity contribution in [3.05, 3.63) is 0 Å². The lowest BCUT2D eigenvalue weighted by Gasteiger charge is -2.30. The molecule has 0 heterocycles. The maximum atomic E-state index is 12.0. The van der Waals surface area contributed by atoms with E-state index < -0.39 is 5.54 Å². The van der Waals surface area contributed by atoms with Crippen molar-refractivity contribution in [3.8, 4) is 0 Å². The summed E-state index contributed by atoms with van der Waals surface area (Å²) in [6.07, 6.45) is 3.04. The fourth-order valence-corrected chi connectivity index (χ4v) is 2.27. The zero-order valence-corrected chi connectivity index (χ0v) is 13.4. The van der Waals surface area contributed by atoms with Gasteiger partial charge in [-0.15, -0.1) is 0 Å². The first-order chi connectivity index (χ1) is 9.37. The zero-order chi connectivity index (χ0) is 15.2. The predicted octanol–water partition coefficient (Wildman–Crippen LogP) is 1.89. The molecule has 1 fully saturated rings. The van der Waals surface area contributed by atoms with Crippen LogP contribution in [-0.4, -0.2) is 50.1 Å². The van der Waals surface area contributed by atoms with Crippen molar-refractivity contribution < 1.29 is 19.0 Å². The van der Waals surface area contributed by atoms with Crippen molar-refractivity contribution in [2.75, 3.05) is 20.3 Å². The Morgan fingerprint density at radius 2 is 1.85 bits per heavy atom. The van der Waals surface area contributed by atoms with Gasteiger partial charge in [-0.1, -0.05) is 0 Å². The summed E-state index contributed by atoms with van der Waals surface area (Å²) in [6.45, 7) is 8.98. The molecule has 1 saturated carbocycles. The van der Waals surface area contributed by atoms with Crippen molar-refractivity contribution in [2.45, 2.75) is 70.7 Å². The van der Waals surface area contributed by atoms with E-state index in [1.807, 2.05) is 27.7 Å². The van der Waals surface area contributed by atoms with Gasteiger partial charge in [0, 0.05) is 12.5 Å². The molecule has 1 aliphatic carbocycles. The van der Waals surface area contributed by atoms with Crippen LogP contribution in [0.1, 0.15) is 47.0 Å². The van der Waals surface area contributed by atoms with Crippen molar-refractivity contribution >= 4 is 5.97 Å². The Bertz CT molecular complexity index is 304. The molecule has 0 saturated heterocycles. The van der Waals surface area contributed by atoms with Crippen LogP contribution >= 0.6 is 0 Å². The second-order valence-corrected chi connectivity index (χ2v) is 6.05. The third-order valence-electron chi connectivity index (χ3n) is 3.37. The fraction of sp³-hybridized carbons (Fsp3) is 0.933. The average Bonchev–Trinajstić information content (AvgIpc) is 3.16. The van der Waals surface area contributed by atoms with Crippen LogP contribution in [0.5, 0.6) is 0 Å². The van der Waals surface area contributed by atoms with Crippen molar-refractivity contribution in [1.29, 1.82) is 0 Å². The molecule has 2 unspecified atom stereocenters. The highest BCUT2D eigenvalue weighted by Crippen LogP contribution is 2.26. The van der Waals surface area contributed by atoms with Gasteiger partial charge in [0.2, 0.25) is 0 Å². The fourth-order valence-electron chi connectivity index (χ4n) is 2.27. The summed E-state index contributed by atoms with van der Waals surface area (Å²) >= 11 is 0. The number of hydrogen-bond donors (Lipinski definition) is 1. The number of methoxy groups -OCH3 is 1. The molecule has 1 aliphatic rings. The molecule has 5 nitrogen and oxygen atoms in total. The maximum absolute atomic E-state index is 12.0. The van der Waals surface area contributed by atoms with Crippen LogP contribution in [0.2, 0.25) is 0 Å². The van der Waals surface area contributed by atoms with E-state index in [4.69, 9.17) is 14.2 Å². The lowest BCUT2D eigenvalue weighted by molar-refractivity contribution is -0.150. The first-order valence-corrected chi connectivity index (χ1v) is 7.46. The molecule has 20 heavy (non-hydrogen) atoms. The van der Waals surface area contributed by atoms with E-state index in [1.165, 1.54) is 7.11 Å². The predicted molar refractivity (Wildman–Crippen MR) is 77.7 cm³/mol. The van der Waals surface area contributed by atoms with E-state index in [1.54, 1.807) is 0 Å². The van der Waals surface area contributed by atoms with Crippen LogP contribution in [0, 0.1) is 0 Å². The molecule has 2 atom stereocenters. The van der Waals surface area contributed by atoms with Crippen molar-refractivity contribution in [2.24, 2.45) is 0 Å². The molecule has 0 spiro atoms. The number of carbonyl (C=O) groups is 1. The van der Waals surface area contributed by atoms with Crippen LogP contribution < -0.4 is 5.32 Å². The van der Waals surface area contributed by atoms with Gasteiger partial charge >= 0.3 is 5.97 Å². The summed E-state index contributed by atoms with van der Waals surface area (Å²) in [5, 5.41) is 3.37. The van der Waals surface area contributed by atoms with E-state index in [2.05, 4.69) is 5.32 Å². The van der Waals surface area contributed by atoms with Gasteiger partial charge in [0.15, 0.2) is 0 Å². The van der Waals surface area contributed by atoms with Crippen molar-refractivity contribution in [3.63, 3.8) is 0 Å². The molecule has 0 aromatic rings. The van der Waals surface area contributed by atoms with E-state index >= 15 is 0 Å². The summed E-state index contributed by atoms with van der Waals surface area (Å²) < 4.78 is 16.1.